The Balaban J connectivity index is 1.85. The molecule has 1 aromatic carbocycles. The topological polar surface area (TPSA) is 78.9 Å². The highest BCUT2D eigenvalue weighted by Gasteiger charge is 2.25. The highest BCUT2D eigenvalue weighted by atomic mass is 16.5. The summed E-state index contributed by atoms with van der Waals surface area (Å²) in [6.07, 6.45) is 2.75. The van der Waals surface area contributed by atoms with Crippen molar-refractivity contribution in [1.29, 1.82) is 0 Å². The number of nitrogens with zero attached hydrogens (tertiary/aromatic N) is 1. The summed E-state index contributed by atoms with van der Waals surface area (Å²) in [6.45, 7) is 2.24. The van der Waals surface area contributed by atoms with Gasteiger partial charge in [0.1, 0.15) is 6.61 Å². The van der Waals surface area contributed by atoms with Crippen LogP contribution in [-0.4, -0.2) is 40.8 Å². The number of alkyl carbamates (subject to hydrolysis) is 1. The molecule has 1 aromatic rings. The molecule has 0 aliphatic carbocycles. The van der Waals surface area contributed by atoms with Crippen LogP contribution < -0.4 is 5.32 Å². The molecule has 6 nitrogen and oxygen atoms in total. The smallest absolute Gasteiger partial charge is 0.407 e. The van der Waals surface area contributed by atoms with Crippen LogP contribution in [0, 0.1) is 0 Å². The van der Waals surface area contributed by atoms with Crippen molar-refractivity contribution in [3.05, 3.63) is 48.0 Å². The van der Waals surface area contributed by atoms with Crippen LogP contribution in [0.5, 0.6) is 0 Å². The van der Waals surface area contributed by atoms with Crippen molar-refractivity contribution in [3.8, 4) is 0 Å². The second-order valence-corrected chi connectivity index (χ2v) is 5.24. The summed E-state index contributed by atoms with van der Waals surface area (Å²) in [4.78, 5) is 24.3. The fraction of sp³-hybridized carbons (Fsp3) is 0.375. The molecule has 0 fully saturated rings. The molecule has 0 unspecified atom stereocenters. The molecule has 2 atom stereocenters. The number of amides is 2. The van der Waals surface area contributed by atoms with Gasteiger partial charge in [-0.3, -0.25) is 0 Å². The van der Waals surface area contributed by atoms with E-state index in [4.69, 9.17) is 4.74 Å². The van der Waals surface area contributed by atoms with Crippen LogP contribution in [0.2, 0.25) is 0 Å². The second kappa shape index (κ2) is 7.49. The van der Waals surface area contributed by atoms with E-state index in [1.54, 1.807) is 6.92 Å². The fourth-order valence-electron chi connectivity index (χ4n) is 2.31. The average molecular weight is 304 g/mol. The molecule has 0 saturated heterocycles. The van der Waals surface area contributed by atoms with E-state index in [2.05, 4.69) is 5.32 Å². The first kappa shape index (κ1) is 15.9. The number of carbonyl (C=O) groups excluding carboxylic acids is 1. The normalized spacial score (nSPS) is 21.0. The van der Waals surface area contributed by atoms with Gasteiger partial charge in [-0.05, 0) is 18.9 Å². The van der Waals surface area contributed by atoms with Gasteiger partial charge in [-0.25, -0.2) is 9.59 Å². The van der Waals surface area contributed by atoms with Crippen molar-refractivity contribution in [3.63, 3.8) is 0 Å². The first-order valence-corrected chi connectivity index (χ1v) is 7.19. The van der Waals surface area contributed by atoms with Crippen LogP contribution in [0.1, 0.15) is 18.9 Å². The molecule has 2 rings (SSSR count). The van der Waals surface area contributed by atoms with Gasteiger partial charge in [-0.1, -0.05) is 42.5 Å². The lowest BCUT2D eigenvalue weighted by Crippen LogP contribution is -2.46. The zero-order valence-electron chi connectivity index (χ0n) is 12.4. The minimum Gasteiger partial charge on any atom is -0.465 e. The Bertz CT molecular complexity index is 544. The van der Waals surface area contributed by atoms with Gasteiger partial charge in [0.15, 0.2) is 0 Å². The number of carbonyl (C=O) groups is 2. The molecule has 1 aliphatic rings. The molecule has 1 aliphatic heterocycles. The van der Waals surface area contributed by atoms with Crippen LogP contribution in [0.3, 0.4) is 0 Å². The number of ether oxygens (including phenoxy) is 1. The second-order valence-electron chi connectivity index (χ2n) is 5.24. The predicted octanol–water partition coefficient (Wildman–Crippen LogP) is 2.61. The van der Waals surface area contributed by atoms with Crippen molar-refractivity contribution in [2.75, 3.05) is 6.54 Å². The summed E-state index contributed by atoms with van der Waals surface area (Å²) in [5.41, 5.74) is 0.902. The number of nitrogens with one attached hydrogen (secondary N) is 1. The molecule has 22 heavy (non-hydrogen) atoms. The van der Waals surface area contributed by atoms with E-state index >= 15 is 0 Å². The maximum atomic E-state index is 11.8. The predicted molar refractivity (Wildman–Crippen MR) is 81.5 cm³/mol. The molecule has 1 heterocycles. The van der Waals surface area contributed by atoms with Crippen molar-refractivity contribution >= 4 is 12.2 Å². The molecule has 2 N–H and O–H groups in total. The lowest BCUT2D eigenvalue weighted by Gasteiger charge is -2.26. The van der Waals surface area contributed by atoms with Crippen LogP contribution in [0.4, 0.5) is 9.59 Å². The standard InChI is InChI=1S/C16H20N2O4/c1-12-6-5-9-14(10-18(12)16(20)21)17-15(19)22-11-13-7-3-2-4-8-13/h2-8,12,14H,9-11H2,1H3,(H,17,19)(H,20,21)/t12-,14-/m0/s1. The van der Waals surface area contributed by atoms with Gasteiger partial charge in [-0.15, -0.1) is 0 Å². The van der Waals surface area contributed by atoms with Crippen LogP contribution in [-0.2, 0) is 11.3 Å². The van der Waals surface area contributed by atoms with Crippen LogP contribution >= 0.6 is 0 Å². The SMILES string of the molecule is C[C@H]1C=CC[C@H](NC(=O)OCc2ccccc2)CN1C(=O)O. The molecular formula is C16H20N2O4. The number of rotatable bonds is 3. The Labute approximate surface area is 129 Å². The largest absolute Gasteiger partial charge is 0.465 e. The molecule has 6 heteroatoms. The van der Waals surface area contributed by atoms with E-state index < -0.39 is 12.2 Å². The van der Waals surface area contributed by atoms with E-state index in [9.17, 15) is 14.7 Å². The maximum absolute atomic E-state index is 11.8. The number of benzene rings is 1. The maximum Gasteiger partial charge on any atom is 0.407 e. The van der Waals surface area contributed by atoms with Gasteiger partial charge in [0.05, 0.1) is 12.1 Å². The van der Waals surface area contributed by atoms with Gasteiger partial charge in [-0.2, -0.15) is 0 Å². The third-order valence-corrected chi connectivity index (χ3v) is 3.52. The van der Waals surface area contributed by atoms with Gasteiger partial charge < -0.3 is 20.1 Å². The Morgan fingerprint density at radius 3 is 2.77 bits per heavy atom. The van der Waals surface area contributed by atoms with Crippen molar-refractivity contribution < 1.29 is 19.4 Å². The molecule has 0 bridgehead atoms. The molecule has 0 aromatic heterocycles. The van der Waals surface area contributed by atoms with Gasteiger partial charge in [0.2, 0.25) is 0 Å². The Morgan fingerprint density at radius 1 is 1.36 bits per heavy atom. The molecular weight excluding hydrogens is 284 g/mol. The van der Waals surface area contributed by atoms with Crippen LogP contribution in [0.15, 0.2) is 42.5 Å². The van der Waals surface area contributed by atoms with E-state index in [-0.39, 0.29) is 25.2 Å². The molecule has 0 saturated carbocycles. The molecule has 118 valence electrons. The number of hydrogen-bond acceptors (Lipinski definition) is 3. The lowest BCUT2D eigenvalue weighted by atomic mass is 10.2. The monoisotopic (exact) mass is 304 g/mol. The quantitative estimate of drug-likeness (QED) is 0.841. The van der Waals surface area contributed by atoms with E-state index in [0.717, 1.165) is 5.56 Å². The van der Waals surface area contributed by atoms with Gasteiger partial charge in [0.25, 0.3) is 0 Å². The van der Waals surface area contributed by atoms with Crippen molar-refractivity contribution in [2.24, 2.45) is 0 Å². The first-order valence-electron chi connectivity index (χ1n) is 7.19. The highest BCUT2D eigenvalue weighted by Crippen LogP contribution is 2.11. The van der Waals surface area contributed by atoms with E-state index in [0.29, 0.717) is 6.42 Å². The molecule has 0 radical (unpaired) electrons. The average Bonchev–Trinajstić information content (AvgIpc) is 2.68. The van der Waals surface area contributed by atoms with Gasteiger partial charge in [0, 0.05) is 6.54 Å². The Kier molecular flexibility index (Phi) is 5.41. The Hall–Kier alpha value is -2.50. The molecule has 0 spiro atoms. The van der Waals surface area contributed by atoms with E-state index in [1.807, 2.05) is 42.5 Å². The number of hydrogen-bond donors (Lipinski definition) is 2. The zero-order chi connectivity index (χ0) is 15.9. The number of carboxylic acid groups (broad SMARTS) is 1. The molecule has 2 amide bonds. The highest BCUT2D eigenvalue weighted by molar-refractivity contribution is 5.68. The zero-order valence-corrected chi connectivity index (χ0v) is 12.4. The summed E-state index contributed by atoms with van der Waals surface area (Å²) in [7, 11) is 0. The summed E-state index contributed by atoms with van der Waals surface area (Å²) >= 11 is 0. The summed E-state index contributed by atoms with van der Waals surface area (Å²) in [6, 6.07) is 8.89. The van der Waals surface area contributed by atoms with Gasteiger partial charge >= 0.3 is 12.2 Å². The lowest BCUT2D eigenvalue weighted by molar-refractivity contribution is 0.120. The summed E-state index contributed by atoms with van der Waals surface area (Å²) in [5, 5.41) is 11.9. The fourth-order valence-corrected chi connectivity index (χ4v) is 2.31. The van der Waals surface area contributed by atoms with Crippen molar-refractivity contribution in [2.45, 2.75) is 32.0 Å². The third kappa shape index (κ3) is 4.51. The summed E-state index contributed by atoms with van der Waals surface area (Å²) in [5.74, 6) is 0. The summed E-state index contributed by atoms with van der Waals surface area (Å²) < 4.78 is 5.15. The minimum atomic E-state index is -0.997. The third-order valence-electron chi connectivity index (χ3n) is 3.52. The van der Waals surface area contributed by atoms with Crippen LogP contribution in [0.25, 0.3) is 0 Å². The minimum absolute atomic E-state index is 0.189. The first-order chi connectivity index (χ1) is 10.6. The Morgan fingerprint density at radius 2 is 2.09 bits per heavy atom. The van der Waals surface area contributed by atoms with Crippen molar-refractivity contribution in [1.82, 2.24) is 10.2 Å². The van der Waals surface area contributed by atoms with E-state index in [1.165, 1.54) is 4.90 Å².